The predicted octanol–water partition coefficient (Wildman–Crippen LogP) is 2.10. The van der Waals surface area contributed by atoms with Crippen molar-refractivity contribution in [3.63, 3.8) is 0 Å². The van der Waals surface area contributed by atoms with Gasteiger partial charge < -0.3 is 4.74 Å². The van der Waals surface area contributed by atoms with Crippen molar-refractivity contribution in [2.24, 2.45) is 0 Å². The quantitative estimate of drug-likeness (QED) is 0.627. The first-order valence-electron chi connectivity index (χ1n) is 4.45. The van der Waals surface area contributed by atoms with Crippen LogP contribution < -0.4 is 0 Å². The van der Waals surface area contributed by atoms with Crippen LogP contribution in [0, 0.1) is 0 Å². The van der Waals surface area contributed by atoms with Gasteiger partial charge in [-0.15, -0.1) is 0 Å². The summed E-state index contributed by atoms with van der Waals surface area (Å²) < 4.78 is 32.9. The van der Waals surface area contributed by atoms with E-state index in [1.807, 2.05) is 0 Å². The Morgan fingerprint density at radius 3 is 2.62 bits per heavy atom. The van der Waals surface area contributed by atoms with Crippen LogP contribution in [-0.4, -0.2) is 27.7 Å². The lowest BCUT2D eigenvalue weighted by Gasteiger charge is -2.05. The lowest BCUT2D eigenvalue weighted by molar-refractivity contribution is 0.266. The van der Waals surface area contributed by atoms with Crippen molar-refractivity contribution >= 4 is 33.3 Å². The molecule has 0 aliphatic carbocycles. The van der Waals surface area contributed by atoms with Crippen LogP contribution in [0.5, 0.6) is 0 Å². The molecule has 0 spiro atoms. The summed E-state index contributed by atoms with van der Waals surface area (Å²) in [4.78, 5) is -0.0115. The fraction of sp³-hybridized carbons (Fsp3) is 0.333. The van der Waals surface area contributed by atoms with Crippen molar-refractivity contribution in [1.29, 1.82) is 0 Å². The highest BCUT2D eigenvalue weighted by molar-refractivity contribution is 7.86. The van der Waals surface area contributed by atoms with E-state index in [1.54, 1.807) is 0 Å². The summed E-state index contributed by atoms with van der Waals surface area (Å²) in [5, 5.41) is 0.472. The highest BCUT2D eigenvalue weighted by atomic mass is 35.5. The number of epoxide rings is 1. The average molecular weight is 283 g/mol. The first-order valence-corrected chi connectivity index (χ1v) is 6.61. The standard InChI is InChI=1S/C9H8Cl2O4S/c10-8-2-1-7(3-9(8)11)16(12,13)15-5-6-4-14-6/h1-3,6H,4-5H2. The number of halogens is 2. The summed E-state index contributed by atoms with van der Waals surface area (Å²) in [6, 6.07) is 4.01. The number of hydrogen-bond acceptors (Lipinski definition) is 4. The van der Waals surface area contributed by atoms with Gasteiger partial charge in [0.05, 0.1) is 28.2 Å². The van der Waals surface area contributed by atoms with Gasteiger partial charge in [0.1, 0.15) is 6.10 Å². The summed E-state index contributed by atoms with van der Waals surface area (Å²) in [5.41, 5.74) is 0. The molecule has 1 atom stereocenters. The molecule has 4 nitrogen and oxygen atoms in total. The Balaban J connectivity index is 2.17. The second-order valence-corrected chi connectivity index (χ2v) is 5.70. The molecule has 1 unspecified atom stereocenters. The number of benzene rings is 1. The Kier molecular flexibility index (Phi) is 3.42. The van der Waals surface area contributed by atoms with Gasteiger partial charge in [-0.05, 0) is 18.2 Å². The smallest absolute Gasteiger partial charge is 0.297 e. The molecule has 1 aromatic rings. The zero-order valence-corrected chi connectivity index (χ0v) is 10.3. The van der Waals surface area contributed by atoms with E-state index in [9.17, 15) is 8.42 Å². The van der Waals surface area contributed by atoms with Crippen LogP contribution in [0.25, 0.3) is 0 Å². The third-order valence-corrected chi connectivity index (χ3v) is 4.01. The van der Waals surface area contributed by atoms with Crippen molar-refractivity contribution in [3.05, 3.63) is 28.2 Å². The molecule has 0 aromatic heterocycles. The van der Waals surface area contributed by atoms with E-state index in [4.69, 9.17) is 32.1 Å². The van der Waals surface area contributed by atoms with Crippen LogP contribution in [-0.2, 0) is 19.0 Å². The molecule has 0 radical (unpaired) electrons. The second kappa shape index (κ2) is 4.50. The molecule has 1 heterocycles. The minimum atomic E-state index is -3.78. The van der Waals surface area contributed by atoms with Gasteiger partial charge >= 0.3 is 0 Å². The average Bonchev–Trinajstić information content (AvgIpc) is 3.03. The van der Waals surface area contributed by atoms with E-state index in [0.29, 0.717) is 11.6 Å². The van der Waals surface area contributed by atoms with E-state index in [-0.39, 0.29) is 22.6 Å². The van der Waals surface area contributed by atoms with Gasteiger partial charge in [-0.1, -0.05) is 23.2 Å². The lowest BCUT2D eigenvalue weighted by atomic mass is 10.4. The Morgan fingerprint density at radius 2 is 2.06 bits per heavy atom. The van der Waals surface area contributed by atoms with Crippen LogP contribution in [0.15, 0.2) is 23.1 Å². The second-order valence-electron chi connectivity index (χ2n) is 3.27. The number of rotatable bonds is 4. The first-order chi connectivity index (χ1) is 7.49. The van der Waals surface area contributed by atoms with Gasteiger partial charge in [-0.2, -0.15) is 8.42 Å². The number of hydrogen-bond donors (Lipinski definition) is 0. The highest BCUT2D eigenvalue weighted by Crippen LogP contribution is 2.26. The summed E-state index contributed by atoms with van der Waals surface area (Å²) in [7, 11) is -3.78. The van der Waals surface area contributed by atoms with E-state index in [0.717, 1.165) is 0 Å². The van der Waals surface area contributed by atoms with E-state index in [2.05, 4.69) is 0 Å². The molecule has 1 saturated heterocycles. The Morgan fingerprint density at radius 1 is 1.38 bits per heavy atom. The molecule has 88 valence electrons. The fourth-order valence-electron chi connectivity index (χ4n) is 1.03. The normalized spacial score (nSPS) is 19.8. The molecule has 0 amide bonds. The Hall–Kier alpha value is -0.330. The van der Waals surface area contributed by atoms with Crippen molar-refractivity contribution in [2.75, 3.05) is 13.2 Å². The van der Waals surface area contributed by atoms with Crippen LogP contribution in [0.1, 0.15) is 0 Å². The van der Waals surface area contributed by atoms with Crippen LogP contribution in [0.2, 0.25) is 10.0 Å². The Bertz CT molecular complexity index is 496. The lowest BCUT2D eigenvalue weighted by Crippen LogP contribution is -2.10. The van der Waals surface area contributed by atoms with Gasteiger partial charge in [0, 0.05) is 0 Å². The Labute approximate surface area is 103 Å². The molecule has 1 aliphatic rings. The summed E-state index contributed by atoms with van der Waals surface area (Å²) in [5.74, 6) is 0. The summed E-state index contributed by atoms with van der Waals surface area (Å²) in [6.07, 6.45) is -0.113. The minimum Gasteiger partial charge on any atom is -0.371 e. The van der Waals surface area contributed by atoms with Gasteiger partial charge in [-0.3, -0.25) is 4.18 Å². The van der Waals surface area contributed by atoms with Gasteiger partial charge in [0.2, 0.25) is 0 Å². The summed E-state index contributed by atoms with van der Waals surface area (Å²) in [6.45, 7) is 0.569. The van der Waals surface area contributed by atoms with Crippen LogP contribution in [0.4, 0.5) is 0 Å². The molecule has 7 heteroatoms. The van der Waals surface area contributed by atoms with Crippen molar-refractivity contribution < 1.29 is 17.3 Å². The molecule has 1 fully saturated rings. The maximum absolute atomic E-state index is 11.6. The largest absolute Gasteiger partial charge is 0.371 e. The molecular formula is C9H8Cl2O4S. The van der Waals surface area contributed by atoms with Gasteiger partial charge in [0.25, 0.3) is 10.1 Å². The molecule has 0 N–H and O–H groups in total. The van der Waals surface area contributed by atoms with Crippen molar-refractivity contribution in [1.82, 2.24) is 0 Å². The molecule has 16 heavy (non-hydrogen) atoms. The molecule has 1 aliphatic heterocycles. The van der Waals surface area contributed by atoms with Gasteiger partial charge in [-0.25, -0.2) is 0 Å². The third kappa shape index (κ3) is 2.87. The maximum atomic E-state index is 11.6. The third-order valence-electron chi connectivity index (χ3n) is 1.99. The molecular weight excluding hydrogens is 275 g/mol. The van der Waals surface area contributed by atoms with Crippen LogP contribution in [0.3, 0.4) is 0 Å². The zero-order valence-electron chi connectivity index (χ0n) is 8.02. The predicted molar refractivity (Wildman–Crippen MR) is 59.3 cm³/mol. The van der Waals surface area contributed by atoms with Gasteiger partial charge in [0.15, 0.2) is 0 Å². The molecule has 1 aromatic carbocycles. The maximum Gasteiger partial charge on any atom is 0.297 e. The van der Waals surface area contributed by atoms with E-state index in [1.165, 1.54) is 18.2 Å². The molecule has 2 rings (SSSR count). The first kappa shape index (κ1) is 12.1. The SMILES string of the molecule is O=S(=O)(OCC1CO1)c1ccc(Cl)c(Cl)c1. The van der Waals surface area contributed by atoms with Crippen molar-refractivity contribution in [2.45, 2.75) is 11.0 Å². The minimum absolute atomic E-state index is 0.0115. The molecule has 0 bridgehead atoms. The molecule has 0 saturated carbocycles. The topological polar surface area (TPSA) is 55.9 Å². The van der Waals surface area contributed by atoms with Crippen LogP contribution >= 0.6 is 23.2 Å². The monoisotopic (exact) mass is 282 g/mol. The highest BCUT2D eigenvalue weighted by Gasteiger charge is 2.26. The van der Waals surface area contributed by atoms with E-state index < -0.39 is 10.1 Å². The summed E-state index contributed by atoms with van der Waals surface area (Å²) >= 11 is 11.4. The van der Waals surface area contributed by atoms with Crippen molar-refractivity contribution in [3.8, 4) is 0 Å². The fourth-order valence-corrected chi connectivity index (χ4v) is 2.36. The van der Waals surface area contributed by atoms with E-state index >= 15 is 0 Å². The zero-order chi connectivity index (χ0) is 11.8. The number of ether oxygens (including phenoxy) is 1.